The van der Waals surface area contributed by atoms with Gasteiger partial charge in [0.2, 0.25) is 0 Å². The summed E-state index contributed by atoms with van der Waals surface area (Å²) in [5.41, 5.74) is 1.72. The highest BCUT2D eigenvalue weighted by atomic mass is 35.5. The average molecular weight is 321 g/mol. The van der Waals surface area contributed by atoms with Gasteiger partial charge in [-0.3, -0.25) is 0 Å². The van der Waals surface area contributed by atoms with Crippen molar-refractivity contribution < 1.29 is 19.4 Å². The molecule has 0 aromatic heterocycles. The van der Waals surface area contributed by atoms with Crippen molar-refractivity contribution in [1.82, 2.24) is 0 Å². The molecule has 0 aliphatic carbocycles. The first-order chi connectivity index (χ1) is 10.5. The van der Waals surface area contributed by atoms with Crippen molar-refractivity contribution in [2.45, 2.75) is 19.4 Å². The highest BCUT2D eigenvalue weighted by Crippen LogP contribution is 2.23. The summed E-state index contributed by atoms with van der Waals surface area (Å²) >= 11 is 6.07. The molecule has 0 saturated heterocycles. The number of hydrogen-bond donors (Lipinski definition) is 1. The molecular weight excluding hydrogens is 304 g/mol. The lowest BCUT2D eigenvalue weighted by atomic mass is 10.0. The minimum atomic E-state index is -1.03. The zero-order valence-corrected chi connectivity index (χ0v) is 13.1. The Labute approximate surface area is 134 Å². The Kier molecular flexibility index (Phi) is 5.28. The number of carboxylic acid groups (broad SMARTS) is 1. The standard InChI is InChI=1S/C17H17ClO4/c1-11-12(5-3-8-15(11)18)9-16(17(19)20)22-14-7-4-6-13(10-14)21-2/h3-8,10,16H,9H2,1-2H3,(H,19,20)/t16-/m0/s1. The molecule has 0 aliphatic heterocycles. The zero-order valence-electron chi connectivity index (χ0n) is 12.4. The molecule has 1 N–H and O–H groups in total. The van der Waals surface area contributed by atoms with Gasteiger partial charge in [0.15, 0.2) is 6.10 Å². The largest absolute Gasteiger partial charge is 0.497 e. The van der Waals surface area contributed by atoms with E-state index in [1.165, 1.54) is 0 Å². The van der Waals surface area contributed by atoms with Crippen molar-refractivity contribution in [3.63, 3.8) is 0 Å². The van der Waals surface area contributed by atoms with E-state index in [4.69, 9.17) is 21.1 Å². The Morgan fingerprint density at radius 2 is 1.91 bits per heavy atom. The van der Waals surface area contributed by atoms with Crippen molar-refractivity contribution in [1.29, 1.82) is 0 Å². The van der Waals surface area contributed by atoms with Gasteiger partial charge in [-0.05, 0) is 36.2 Å². The van der Waals surface area contributed by atoms with E-state index in [1.54, 1.807) is 43.5 Å². The monoisotopic (exact) mass is 320 g/mol. The van der Waals surface area contributed by atoms with Crippen molar-refractivity contribution in [2.75, 3.05) is 7.11 Å². The lowest BCUT2D eigenvalue weighted by Gasteiger charge is -2.17. The lowest BCUT2D eigenvalue weighted by molar-refractivity contribution is -0.145. The first-order valence-corrected chi connectivity index (χ1v) is 7.16. The highest BCUT2D eigenvalue weighted by molar-refractivity contribution is 6.31. The Balaban J connectivity index is 2.20. The van der Waals surface area contributed by atoms with Gasteiger partial charge < -0.3 is 14.6 Å². The molecular formula is C17H17ClO4. The summed E-state index contributed by atoms with van der Waals surface area (Å²) in [4.78, 5) is 11.5. The fourth-order valence-corrected chi connectivity index (χ4v) is 2.29. The van der Waals surface area contributed by atoms with E-state index in [9.17, 15) is 9.90 Å². The third kappa shape index (κ3) is 3.92. The zero-order chi connectivity index (χ0) is 16.1. The SMILES string of the molecule is COc1cccc(O[C@@H](Cc2cccc(Cl)c2C)C(=O)O)c1. The Morgan fingerprint density at radius 3 is 2.59 bits per heavy atom. The molecule has 0 amide bonds. The van der Waals surface area contributed by atoms with Gasteiger partial charge in [-0.1, -0.05) is 29.8 Å². The van der Waals surface area contributed by atoms with E-state index in [2.05, 4.69) is 0 Å². The molecule has 2 aromatic rings. The fraction of sp³-hybridized carbons (Fsp3) is 0.235. The minimum Gasteiger partial charge on any atom is -0.497 e. The maximum Gasteiger partial charge on any atom is 0.345 e. The Bertz CT molecular complexity index is 669. The van der Waals surface area contributed by atoms with E-state index >= 15 is 0 Å². The molecule has 0 unspecified atom stereocenters. The highest BCUT2D eigenvalue weighted by Gasteiger charge is 2.21. The van der Waals surface area contributed by atoms with Gasteiger partial charge in [-0.25, -0.2) is 4.79 Å². The molecule has 4 nitrogen and oxygen atoms in total. The molecule has 0 radical (unpaired) electrons. The number of carboxylic acids is 1. The van der Waals surface area contributed by atoms with Gasteiger partial charge in [0.25, 0.3) is 0 Å². The van der Waals surface area contributed by atoms with E-state index in [-0.39, 0.29) is 6.42 Å². The predicted molar refractivity (Wildman–Crippen MR) is 84.9 cm³/mol. The van der Waals surface area contributed by atoms with Gasteiger partial charge in [-0.2, -0.15) is 0 Å². The predicted octanol–water partition coefficient (Wildman–Crippen LogP) is 3.73. The number of methoxy groups -OCH3 is 1. The molecule has 0 aliphatic rings. The van der Waals surface area contributed by atoms with Gasteiger partial charge in [0.05, 0.1) is 7.11 Å². The molecule has 2 rings (SSSR count). The summed E-state index contributed by atoms with van der Waals surface area (Å²) < 4.78 is 10.7. The summed E-state index contributed by atoms with van der Waals surface area (Å²) in [5, 5.41) is 10.0. The first-order valence-electron chi connectivity index (χ1n) is 6.78. The first kappa shape index (κ1) is 16.2. The molecule has 2 aromatic carbocycles. The van der Waals surface area contributed by atoms with Crippen LogP contribution in [0.3, 0.4) is 0 Å². The van der Waals surface area contributed by atoms with Gasteiger partial charge in [0, 0.05) is 17.5 Å². The Morgan fingerprint density at radius 1 is 1.23 bits per heavy atom. The number of carbonyl (C=O) groups is 1. The average Bonchev–Trinajstić information content (AvgIpc) is 2.51. The molecule has 0 heterocycles. The van der Waals surface area contributed by atoms with Crippen LogP contribution < -0.4 is 9.47 Å². The summed E-state index contributed by atoms with van der Waals surface area (Å²) in [7, 11) is 1.54. The van der Waals surface area contributed by atoms with Crippen LogP contribution in [0, 0.1) is 6.92 Å². The number of aliphatic carboxylic acids is 1. The van der Waals surface area contributed by atoms with Gasteiger partial charge in [-0.15, -0.1) is 0 Å². The number of hydrogen-bond acceptors (Lipinski definition) is 3. The normalized spacial score (nSPS) is 11.8. The van der Waals surface area contributed by atoms with Crippen LogP contribution in [0.4, 0.5) is 0 Å². The van der Waals surface area contributed by atoms with Gasteiger partial charge >= 0.3 is 5.97 Å². The molecule has 116 valence electrons. The number of halogens is 1. The smallest absolute Gasteiger partial charge is 0.345 e. The van der Waals surface area contributed by atoms with Crippen LogP contribution >= 0.6 is 11.6 Å². The summed E-state index contributed by atoms with van der Waals surface area (Å²) in [6, 6.07) is 12.3. The maximum atomic E-state index is 11.5. The molecule has 5 heteroatoms. The second-order valence-electron chi connectivity index (χ2n) is 4.85. The van der Waals surface area contributed by atoms with Crippen LogP contribution in [-0.2, 0) is 11.2 Å². The topological polar surface area (TPSA) is 55.8 Å². The van der Waals surface area contributed by atoms with Crippen LogP contribution in [0.15, 0.2) is 42.5 Å². The van der Waals surface area contributed by atoms with Crippen molar-refractivity contribution in [3.05, 3.63) is 58.6 Å². The maximum absolute atomic E-state index is 11.5. The van der Waals surface area contributed by atoms with E-state index < -0.39 is 12.1 Å². The van der Waals surface area contributed by atoms with Crippen LogP contribution in [0.25, 0.3) is 0 Å². The molecule has 22 heavy (non-hydrogen) atoms. The lowest BCUT2D eigenvalue weighted by Crippen LogP contribution is -2.29. The van der Waals surface area contributed by atoms with Crippen LogP contribution in [0.2, 0.25) is 5.02 Å². The second-order valence-corrected chi connectivity index (χ2v) is 5.26. The molecule has 1 atom stereocenters. The van der Waals surface area contributed by atoms with Gasteiger partial charge in [0.1, 0.15) is 11.5 Å². The Hall–Kier alpha value is -2.20. The summed E-state index contributed by atoms with van der Waals surface area (Å²) in [6.45, 7) is 1.86. The third-order valence-corrected chi connectivity index (χ3v) is 3.79. The molecule has 0 bridgehead atoms. The van der Waals surface area contributed by atoms with Crippen LogP contribution in [-0.4, -0.2) is 24.3 Å². The summed E-state index contributed by atoms with van der Waals surface area (Å²) in [5.74, 6) is 0.0363. The van der Waals surface area contributed by atoms with Crippen LogP contribution in [0.1, 0.15) is 11.1 Å². The molecule has 0 fully saturated rings. The summed E-state index contributed by atoms with van der Waals surface area (Å²) in [6.07, 6.45) is -0.761. The van der Waals surface area contributed by atoms with Crippen molar-refractivity contribution >= 4 is 17.6 Å². The second kappa shape index (κ2) is 7.18. The number of benzene rings is 2. The van der Waals surface area contributed by atoms with Crippen molar-refractivity contribution in [3.8, 4) is 11.5 Å². The number of ether oxygens (including phenoxy) is 2. The quantitative estimate of drug-likeness (QED) is 0.881. The van der Waals surface area contributed by atoms with E-state index in [1.807, 2.05) is 13.0 Å². The molecule has 0 spiro atoms. The van der Waals surface area contributed by atoms with E-state index in [0.29, 0.717) is 16.5 Å². The number of rotatable bonds is 6. The van der Waals surface area contributed by atoms with E-state index in [0.717, 1.165) is 11.1 Å². The van der Waals surface area contributed by atoms with Crippen LogP contribution in [0.5, 0.6) is 11.5 Å². The molecule has 0 saturated carbocycles. The minimum absolute atomic E-state index is 0.235. The van der Waals surface area contributed by atoms with Crippen molar-refractivity contribution in [2.24, 2.45) is 0 Å². The third-order valence-electron chi connectivity index (χ3n) is 3.38. The fourth-order valence-electron chi connectivity index (χ4n) is 2.09.